The van der Waals surface area contributed by atoms with Crippen LogP contribution in [0.25, 0.3) is 0 Å². The van der Waals surface area contributed by atoms with Gasteiger partial charge in [0.1, 0.15) is 11.6 Å². The largest absolute Gasteiger partial charge is 0.459 e. The summed E-state index contributed by atoms with van der Waals surface area (Å²) in [7, 11) is 0. The van der Waals surface area contributed by atoms with Crippen molar-refractivity contribution < 1.29 is 18.4 Å². The quantitative estimate of drug-likeness (QED) is 0.831. The Labute approximate surface area is 165 Å². The van der Waals surface area contributed by atoms with Crippen LogP contribution in [-0.2, 0) is 4.79 Å². The number of benzene rings is 1. The number of hydrazine groups is 1. The molecule has 0 spiro atoms. The number of ketones is 1. The molecular weight excluding hydrogens is 375 g/mol. The lowest BCUT2D eigenvalue weighted by Gasteiger charge is -2.39. The minimum atomic E-state index is -0.916. The molecule has 0 fully saturated rings. The van der Waals surface area contributed by atoms with E-state index in [1.54, 1.807) is 12.1 Å². The molecule has 1 amide bonds. The van der Waals surface area contributed by atoms with E-state index in [-0.39, 0.29) is 40.5 Å². The molecule has 2 aliphatic rings. The van der Waals surface area contributed by atoms with Crippen molar-refractivity contribution in [2.45, 2.75) is 25.2 Å². The van der Waals surface area contributed by atoms with Crippen molar-refractivity contribution in [1.29, 1.82) is 5.26 Å². The minimum absolute atomic E-state index is 0.00356. The Bertz CT molecular complexity index is 1100. The van der Waals surface area contributed by atoms with E-state index in [9.17, 15) is 19.2 Å². The molecule has 7 nitrogen and oxygen atoms in total. The lowest BCUT2D eigenvalue weighted by molar-refractivity contribution is -0.116. The first-order chi connectivity index (χ1) is 14.0. The van der Waals surface area contributed by atoms with Gasteiger partial charge in [0, 0.05) is 23.3 Å². The molecule has 8 heteroatoms. The molecular formula is C21H17FN4O3. The van der Waals surface area contributed by atoms with Crippen molar-refractivity contribution in [3.63, 3.8) is 0 Å². The van der Waals surface area contributed by atoms with Crippen LogP contribution < -0.4 is 11.2 Å². The van der Waals surface area contributed by atoms with Gasteiger partial charge in [-0.25, -0.2) is 9.40 Å². The summed E-state index contributed by atoms with van der Waals surface area (Å²) in [6.07, 6.45) is 2.64. The van der Waals surface area contributed by atoms with Crippen LogP contribution in [0.4, 0.5) is 4.39 Å². The van der Waals surface area contributed by atoms with Crippen molar-refractivity contribution in [1.82, 2.24) is 10.4 Å². The van der Waals surface area contributed by atoms with Crippen LogP contribution in [0, 0.1) is 17.1 Å². The lowest BCUT2D eigenvalue weighted by Crippen LogP contribution is -2.48. The highest BCUT2D eigenvalue weighted by molar-refractivity contribution is 6.00. The standard InChI is InChI=1S/C21H17FN4O3/c22-14-6-2-1-5-12(14)18-13(11-23)20(24)26(15-7-3-8-16(27)19(15)18)25-21(28)17-9-4-10-29-17/h1-2,4-6,9-10,18H,3,7-8,24H2,(H,25,28). The Morgan fingerprint density at radius 3 is 2.76 bits per heavy atom. The van der Waals surface area contributed by atoms with E-state index in [0.717, 1.165) is 0 Å². The molecule has 1 atom stereocenters. The van der Waals surface area contributed by atoms with Gasteiger partial charge in [-0.2, -0.15) is 5.26 Å². The Morgan fingerprint density at radius 1 is 1.28 bits per heavy atom. The molecule has 1 aromatic carbocycles. The number of Topliss-reactive ketones (excluding diaryl/α,β-unsaturated/α-hetero) is 1. The second-order valence-electron chi connectivity index (χ2n) is 6.76. The predicted molar refractivity (Wildman–Crippen MR) is 99.9 cm³/mol. The first-order valence-electron chi connectivity index (χ1n) is 9.08. The number of hydrogen-bond donors (Lipinski definition) is 2. The van der Waals surface area contributed by atoms with Gasteiger partial charge >= 0.3 is 5.91 Å². The molecule has 2 aromatic rings. The molecule has 0 saturated carbocycles. The normalized spacial score (nSPS) is 19.1. The van der Waals surface area contributed by atoms with Crippen LogP contribution >= 0.6 is 0 Å². The van der Waals surface area contributed by atoms with Gasteiger partial charge in [0.05, 0.1) is 23.8 Å². The molecule has 3 N–H and O–H groups in total. The minimum Gasteiger partial charge on any atom is -0.459 e. The molecule has 2 heterocycles. The number of rotatable bonds is 3. The zero-order valence-corrected chi connectivity index (χ0v) is 15.3. The second-order valence-corrected chi connectivity index (χ2v) is 6.76. The lowest BCUT2D eigenvalue weighted by atomic mass is 9.76. The highest BCUT2D eigenvalue weighted by atomic mass is 19.1. The number of nitriles is 1. The molecule has 0 saturated heterocycles. The highest BCUT2D eigenvalue weighted by Crippen LogP contribution is 2.44. The van der Waals surface area contributed by atoms with Gasteiger partial charge in [-0.1, -0.05) is 18.2 Å². The SMILES string of the molecule is N#CC1=C(N)N(NC(=O)c2ccco2)C2=C(C(=O)CCC2)C1c1ccccc1F. The van der Waals surface area contributed by atoms with E-state index in [2.05, 4.69) is 5.43 Å². The van der Waals surface area contributed by atoms with E-state index < -0.39 is 17.6 Å². The first-order valence-corrected chi connectivity index (χ1v) is 9.08. The Kier molecular flexibility index (Phi) is 4.64. The summed E-state index contributed by atoms with van der Waals surface area (Å²) in [6, 6.07) is 11.0. The highest BCUT2D eigenvalue weighted by Gasteiger charge is 2.41. The number of allylic oxidation sites excluding steroid dienone is 3. The molecule has 1 aliphatic heterocycles. The molecule has 0 radical (unpaired) electrons. The van der Waals surface area contributed by atoms with Crippen LogP contribution in [0.3, 0.4) is 0 Å². The van der Waals surface area contributed by atoms with Crippen LogP contribution in [0.1, 0.15) is 41.3 Å². The van der Waals surface area contributed by atoms with Crippen molar-refractivity contribution >= 4 is 11.7 Å². The molecule has 0 bridgehead atoms. The maximum Gasteiger partial charge on any atom is 0.305 e. The van der Waals surface area contributed by atoms with Crippen molar-refractivity contribution in [2.75, 3.05) is 0 Å². The van der Waals surface area contributed by atoms with Gasteiger partial charge < -0.3 is 10.2 Å². The summed E-state index contributed by atoms with van der Waals surface area (Å²) < 4.78 is 19.7. The molecule has 1 aromatic heterocycles. The van der Waals surface area contributed by atoms with Gasteiger partial charge in [-0.05, 0) is 31.0 Å². The molecule has 29 heavy (non-hydrogen) atoms. The fourth-order valence-electron chi connectivity index (χ4n) is 3.80. The zero-order chi connectivity index (χ0) is 20.5. The number of amides is 1. The number of hydrogen-bond acceptors (Lipinski definition) is 6. The number of nitrogens with zero attached hydrogens (tertiary/aromatic N) is 2. The Hall–Kier alpha value is -3.86. The second kappa shape index (κ2) is 7.28. The Morgan fingerprint density at radius 2 is 2.07 bits per heavy atom. The third kappa shape index (κ3) is 3.06. The summed E-state index contributed by atoms with van der Waals surface area (Å²) in [5.41, 5.74) is 9.79. The van der Waals surface area contributed by atoms with Gasteiger partial charge in [0.2, 0.25) is 0 Å². The molecule has 146 valence electrons. The summed E-state index contributed by atoms with van der Waals surface area (Å²) in [4.78, 5) is 25.3. The maximum atomic E-state index is 14.6. The molecule has 1 aliphatic carbocycles. The van der Waals surface area contributed by atoms with Crippen LogP contribution in [0.5, 0.6) is 0 Å². The van der Waals surface area contributed by atoms with Crippen molar-refractivity contribution in [3.8, 4) is 6.07 Å². The number of carbonyl (C=O) groups excluding carboxylic acids is 2. The van der Waals surface area contributed by atoms with Gasteiger partial charge in [0.25, 0.3) is 0 Å². The first kappa shape index (κ1) is 18.5. The predicted octanol–water partition coefficient (Wildman–Crippen LogP) is 2.86. The molecule has 1 unspecified atom stereocenters. The van der Waals surface area contributed by atoms with E-state index in [4.69, 9.17) is 10.2 Å². The number of nitrogens with two attached hydrogens (primary N) is 1. The van der Waals surface area contributed by atoms with Crippen LogP contribution in [0.2, 0.25) is 0 Å². The maximum absolute atomic E-state index is 14.6. The summed E-state index contributed by atoms with van der Waals surface area (Å²) >= 11 is 0. The third-order valence-corrected chi connectivity index (χ3v) is 5.09. The number of halogens is 1. The van der Waals surface area contributed by atoms with E-state index >= 15 is 0 Å². The smallest absolute Gasteiger partial charge is 0.305 e. The zero-order valence-electron chi connectivity index (χ0n) is 15.3. The van der Waals surface area contributed by atoms with Gasteiger partial charge in [0.15, 0.2) is 11.5 Å². The summed E-state index contributed by atoms with van der Waals surface area (Å²) in [5, 5.41) is 11.1. The number of nitrogens with one attached hydrogen (secondary N) is 1. The van der Waals surface area contributed by atoms with Crippen molar-refractivity contribution in [3.05, 3.63) is 82.5 Å². The van der Waals surface area contributed by atoms with Crippen molar-refractivity contribution in [2.24, 2.45) is 5.73 Å². The van der Waals surface area contributed by atoms with E-state index in [1.807, 2.05) is 6.07 Å². The van der Waals surface area contributed by atoms with Gasteiger partial charge in [-0.15, -0.1) is 0 Å². The van der Waals surface area contributed by atoms with E-state index in [0.29, 0.717) is 18.5 Å². The molecule has 4 rings (SSSR count). The van der Waals surface area contributed by atoms with Crippen LogP contribution in [-0.4, -0.2) is 16.7 Å². The van der Waals surface area contributed by atoms with E-state index in [1.165, 1.54) is 35.5 Å². The number of furan rings is 1. The third-order valence-electron chi connectivity index (χ3n) is 5.09. The van der Waals surface area contributed by atoms with Gasteiger partial charge in [-0.3, -0.25) is 15.0 Å². The number of carbonyl (C=O) groups is 2. The fourth-order valence-corrected chi connectivity index (χ4v) is 3.80. The topological polar surface area (TPSA) is 112 Å². The average Bonchev–Trinajstić information content (AvgIpc) is 3.25. The van der Waals surface area contributed by atoms with Crippen LogP contribution in [0.15, 0.2) is 69.7 Å². The fraction of sp³-hybridized carbons (Fsp3) is 0.190. The Balaban J connectivity index is 1.86. The monoisotopic (exact) mass is 392 g/mol. The summed E-state index contributed by atoms with van der Waals surface area (Å²) in [6.45, 7) is 0. The average molecular weight is 392 g/mol. The summed E-state index contributed by atoms with van der Waals surface area (Å²) in [5.74, 6) is -2.22.